The minimum absolute atomic E-state index is 0.114. The Morgan fingerprint density at radius 3 is 2.02 bits per heavy atom. The predicted octanol–water partition coefficient (Wildman–Crippen LogP) is 7.98. The van der Waals surface area contributed by atoms with Gasteiger partial charge >= 0.3 is 7.82 Å². The second-order valence-corrected chi connectivity index (χ2v) is 12.7. The summed E-state index contributed by atoms with van der Waals surface area (Å²) >= 11 is 0. The lowest BCUT2D eigenvalue weighted by Gasteiger charge is -2.26. The van der Waals surface area contributed by atoms with Crippen LogP contribution in [0.25, 0.3) is 0 Å². The largest absolute Gasteiger partial charge is 0.746 e. The van der Waals surface area contributed by atoms with Crippen LogP contribution in [0.5, 0.6) is 17.2 Å². The van der Waals surface area contributed by atoms with Gasteiger partial charge in [0.25, 0.3) is 0 Å². The zero-order chi connectivity index (χ0) is 32.2. The third kappa shape index (κ3) is 14.8. The second kappa shape index (κ2) is 21.0. The molecule has 0 saturated carbocycles. The number of nitrogens with zero attached hydrogens (tertiary/aromatic N) is 1. The summed E-state index contributed by atoms with van der Waals surface area (Å²) < 4.78 is 42.7. The molecule has 0 radical (unpaired) electrons. The van der Waals surface area contributed by atoms with Crippen LogP contribution in [0.15, 0.2) is 73.1 Å². The van der Waals surface area contributed by atoms with E-state index in [4.69, 9.17) is 23.3 Å². The molecule has 0 aliphatic heterocycles. The Morgan fingerprint density at radius 1 is 0.756 bits per heavy atom. The molecule has 3 aromatic rings. The van der Waals surface area contributed by atoms with E-state index >= 15 is 0 Å². The normalized spacial score (nSPS) is 13.2. The predicted molar refractivity (Wildman–Crippen MR) is 176 cm³/mol. The topological polar surface area (TPSA) is 90.2 Å². The molecule has 2 aromatic carbocycles. The van der Waals surface area contributed by atoms with E-state index in [1.54, 1.807) is 12.1 Å². The van der Waals surface area contributed by atoms with Crippen LogP contribution in [0.4, 0.5) is 0 Å². The van der Waals surface area contributed by atoms with Crippen molar-refractivity contribution in [3.05, 3.63) is 84.2 Å². The highest BCUT2D eigenvalue weighted by Gasteiger charge is 2.18. The summed E-state index contributed by atoms with van der Waals surface area (Å²) in [5.74, 6) is 1.64. The lowest BCUT2D eigenvalue weighted by Crippen LogP contribution is -2.32. The number of rotatable bonds is 24. The van der Waals surface area contributed by atoms with Gasteiger partial charge in [-0.1, -0.05) is 76.8 Å². The Labute approximate surface area is 270 Å². The maximum Gasteiger partial charge on any atom is 0.319 e. The molecule has 0 aliphatic rings. The van der Waals surface area contributed by atoms with Crippen LogP contribution in [-0.4, -0.2) is 32.5 Å². The monoisotopic (exact) mass is 641 g/mol. The Kier molecular flexibility index (Phi) is 17.1. The van der Waals surface area contributed by atoms with E-state index in [1.807, 2.05) is 79.3 Å². The third-order valence-electron chi connectivity index (χ3n) is 7.52. The summed E-state index contributed by atoms with van der Waals surface area (Å²) in [5.41, 5.74) is 1.91. The van der Waals surface area contributed by atoms with Crippen LogP contribution in [0.2, 0.25) is 0 Å². The molecular formula is C36H52NO7P. The zero-order valence-electron chi connectivity index (χ0n) is 27.4. The molecule has 0 aliphatic carbocycles. The smallest absolute Gasteiger partial charge is 0.319 e. The van der Waals surface area contributed by atoms with Gasteiger partial charge < -0.3 is 28.2 Å². The van der Waals surface area contributed by atoms with E-state index in [2.05, 4.69) is 6.92 Å². The quantitative estimate of drug-likeness (QED) is 0.0557. The van der Waals surface area contributed by atoms with Gasteiger partial charge in [-0.2, -0.15) is 0 Å². The standard InChI is InChI=1S/C36H52NO7P/c1-4-6-7-8-9-10-11-12-13-17-27-41-35-19-18-20-36(31(35)3)42-29-34(40-5-2)30-43-45(38,39)44-33-23-21-32(22-24-33)28-37-25-15-14-16-26-37/h14-16,18-26,34H,4-13,17,27-30H2,1-3H3. The highest BCUT2D eigenvalue weighted by molar-refractivity contribution is 7.46. The van der Waals surface area contributed by atoms with Crippen molar-refractivity contribution in [2.24, 2.45) is 0 Å². The molecule has 2 unspecified atom stereocenters. The average Bonchev–Trinajstić information content (AvgIpc) is 3.04. The van der Waals surface area contributed by atoms with Gasteiger partial charge in [0.1, 0.15) is 30.0 Å². The molecule has 0 fully saturated rings. The highest BCUT2D eigenvalue weighted by Crippen LogP contribution is 2.39. The van der Waals surface area contributed by atoms with Crippen LogP contribution in [0, 0.1) is 6.92 Å². The first kappa shape index (κ1) is 36.6. The van der Waals surface area contributed by atoms with E-state index in [0.29, 0.717) is 25.5 Å². The second-order valence-electron chi connectivity index (χ2n) is 11.3. The summed E-state index contributed by atoms with van der Waals surface area (Å²) in [6, 6.07) is 18.4. The van der Waals surface area contributed by atoms with E-state index in [1.165, 1.54) is 57.8 Å². The number of phosphoric acid groups is 1. The molecule has 9 heteroatoms. The first-order valence-electron chi connectivity index (χ1n) is 16.5. The molecule has 0 spiro atoms. The third-order valence-corrected chi connectivity index (χ3v) is 8.42. The van der Waals surface area contributed by atoms with Gasteiger partial charge in [-0.3, -0.25) is 4.57 Å². The van der Waals surface area contributed by atoms with Crippen LogP contribution < -0.4 is 23.5 Å². The minimum Gasteiger partial charge on any atom is -0.746 e. The first-order chi connectivity index (χ1) is 21.9. The summed E-state index contributed by atoms with van der Waals surface area (Å²) in [6.07, 6.45) is 16.2. The molecule has 1 heterocycles. The van der Waals surface area contributed by atoms with E-state index in [9.17, 15) is 9.46 Å². The van der Waals surface area contributed by atoms with Gasteiger partial charge in [0, 0.05) is 29.9 Å². The molecule has 2 atom stereocenters. The lowest BCUT2D eigenvalue weighted by atomic mass is 10.1. The van der Waals surface area contributed by atoms with Crippen molar-refractivity contribution in [3.8, 4) is 17.2 Å². The van der Waals surface area contributed by atoms with Crippen molar-refractivity contribution in [1.29, 1.82) is 0 Å². The van der Waals surface area contributed by atoms with Crippen molar-refractivity contribution in [3.63, 3.8) is 0 Å². The summed E-state index contributed by atoms with van der Waals surface area (Å²) in [6.45, 7) is 7.64. The zero-order valence-corrected chi connectivity index (χ0v) is 28.3. The molecule has 1 aromatic heterocycles. The van der Waals surface area contributed by atoms with Gasteiger partial charge in [0.05, 0.1) is 13.2 Å². The Hall–Kier alpha value is -2.90. The number of hydrogen-bond donors (Lipinski definition) is 0. The van der Waals surface area contributed by atoms with Crippen molar-refractivity contribution >= 4 is 7.82 Å². The number of pyridine rings is 1. The summed E-state index contributed by atoms with van der Waals surface area (Å²) in [4.78, 5) is 12.6. The van der Waals surface area contributed by atoms with Crippen molar-refractivity contribution in [1.82, 2.24) is 0 Å². The number of phosphoric ester groups is 1. The Morgan fingerprint density at radius 2 is 1.38 bits per heavy atom. The summed E-state index contributed by atoms with van der Waals surface area (Å²) in [5, 5.41) is 0. The fraction of sp³-hybridized carbons (Fsp3) is 0.528. The first-order valence-corrected chi connectivity index (χ1v) is 18.0. The molecule has 0 N–H and O–H groups in total. The van der Waals surface area contributed by atoms with E-state index in [0.717, 1.165) is 23.3 Å². The molecule has 8 nitrogen and oxygen atoms in total. The maximum absolute atomic E-state index is 12.6. The fourth-order valence-corrected chi connectivity index (χ4v) is 5.76. The molecule has 0 bridgehead atoms. The maximum atomic E-state index is 12.6. The van der Waals surface area contributed by atoms with Gasteiger partial charge in [0.15, 0.2) is 18.9 Å². The highest BCUT2D eigenvalue weighted by atomic mass is 31.2. The molecule has 0 saturated heterocycles. The van der Waals surface area contributed by atoms with Crippen LogP contribution in [0.3, 0.4) is 0 Å². The average molecular weight is 642 g/mol. The Balaban J connectivity index is 1.39. The van der Waals surface area contributed by atoms with Crippen molar-refractivity contribution < 1.29 is 37.3 Å². The van der Waals surface area contributed by atoms with E-state index in [-0.39, 0.29) is 19.0 Å². The Bertz CT molecular complexity index is 1260. The van der Waals surface area contributed by atoms with Crippen LogP contribution in [0.1, 0.15) is 89.2 Å². The van der Waals surface area contributed by atoms with Crippen molar-refractivity contribution in [2.45, 2.75) is 97.6 Å². The summed E-state index contributed by atoms with van der Waals surface area (Å²) in [7, 11) is -4.63. The van der Waals surface area contributed by atoms with Crippen LogP contribution >= 0.6 is 7.82 Å². The number of aromatic nitrogens is 1. The minimum atomic E-state index is -4.63. The van der Waals surface area contributed by atoms with Gasteiger partial charge in [-0.15, -0.1) is 0 Å². The van der Waals surface area contributed by atoms with Gasteiger partial charge in [-0.25, -0.2) is 4.57 Å². The number of unbranched alkanes of at least 4 members (excludes halogenated alkanes) is 9. The molecular weight excluding hydrogens is 589 g/mol. The van der Waals surface area contributed by atoms with Gasteiger partial charge in [-0.05, 0) is 56.7 Å². The molecule has 0 amide bonds. The number of ether oxygens (including phenoxy) is 3. The van der Waals surface area contributed by atoms with Crippen LogP contribution in [-0.2, 0) is 20.4 Å². The SMILES string of the molecule is CCCCCCCCCCCCOc1cccc(OCC(COP(=O)([O-])Oc2ccc(C[n+]3ccccc3)cc2)OCC)c1C. The fourth-order valence-electron chi connectivity index (χ4n) is 4.98. The number of hydrogen-bond acceptors (Lipinski definition) is 7. The van der Waals surface area contributed by atoms with Gasteiger partial charge in [0.2, 0.25) is 0 Å². The molecule has 248 valence electrons. The molecule has 45 heavy (non-hydrogen) atoms. The molecule has 3 rings (SSSR count). The van der Waals surface area contributed by atoms with Crippen molar-refractivity contribution in [2.75, 3.05) is 26.4 Å². The number of benzene rings is 2. The van der Waals surface area contributed by atoms with E-state index < -0.39 is 13.9 Å². The lowest BCUT2D eigenvalue weighted by molar-refractivity contribution is -0.688.